The van der Waals surface area contributed by atoms with Gasteiger partial charge < -0.3 is 0 Å². The van der Waals surface area contributed by atoms with Gasteiger partial charge in [-0.2, -0.15) is 39.9 Å². The summed E-state index contributed by atoms with van der Waals surface area (Å²) in [5, 5.41) is 5.03. The lowest BCUT2D eigenvalue weighted by Gasteiger charge is -2.15. The van der Waals surface area contributed by atoms with Crippen molar-refractivity contribution in [2.75, 3.05) is 6.61 Å². The molecule has 0 bridgehead atoms. The van der Waals surface area contributed by atoms with Crippen LogP contribution in [0.25, 0.3) is 33.2 Å². The molecule has 4 rings (SSSR count). The predicted octanol–water partition coefficient (Wildman–Crippen LogP) is 6.19. The fourth-order valence-corrected chi connectivity index (χ4v) is 4.52. The molecular weight excluding hydrogens is 498 g/mol. The maximum atomic E-state index is 13.4. The van der Waals surface area contributed by atoms with Crippen LogP contribution in [0, 0.1) is 0 Å². The number of hydrogen-bond acceptors (Lipinski definition) is 4. The second-order valence-corrected chi connectivity index (χ2v) is 9.27. The average molecular weight is 514 g/mol. The highest BCUT2D eigenvalue weighted by Gasteiger charge is 2.33. The molecule has 0 fully saturated rings. The number of aromatic nitrogens is 2. The van der Waals surface area contributed by atoms with Gasteiger partial charge in [0.05, 0.1) is 16.2 Å². The zero-order valence-electron chi connectivity index (χ0n) is 17.9. The topological polar surface area (TPSA) is 61.2 Å². The molecule has 3 aromatic carbocycles. The van der Waals surface area contributed by atoms with E-state index in [2.05, 4.69) is 9.28 Å². The van der Waals surface area contributed by atoms with E-state index >= 15 is 0 Å². The SMILES string of the molecule is Cn1ccc(-c2cc(C(F)(F)F)ccc2-c2cccc3cc(S(=O)(=O)OCC(F)(F)F)ccc23)n1. The lowest BCUT2D eigenvalue weighted by atomic mass is 9.92. The molecule has 1 heterocycles. The van der Waals surface area contributed by atoms with Crippen molar-refractivity contribution in [2.45, 2.75) is 17.2 Å². The van der Waals surface area contributed by atoms with E-state index in [0.29, 0.717) is 27.6 Å². The molecule has 0 radical (unpaired) electrons. The van der Waals surface area contributed by atoms with Gasteiger partial charge in [0, 0.05) is 18.8 Å². The van der Waals surface area contributed by atoms with E-state index in [1.165, 1.54) is 22.9 Å². The number of rotatable bonds is 5. The number of benzene rings is 3. The number of nitrogens with zero attached hydrogens (tertiary/aromatic N) is 2. The summed E-state index contributed by atoms with van der Waals surface area (Å²) < 4.78 is 107. The van der Waals surface area contributed by atoms with Crippen LogP contribution in [0.4, 0.5) is 26.3 Å². The first-order valence-corrected chi connectivity index (χ1v) is 11.4. The van der Waals surface area contributed by atoms with Gasteiger partial charge in [-0.3, -0.25) is 8.86 Å². The van der Waals surface area contributed by atoms with E-state index < -0.39 is 39.5 Å². The maximum absolute atomic E-state index is 13.4. The van der Waals surface area contributed by atoms with Gasteiger partial charge >= 0.3 is 12.4 Å². The highest BCUT2D eigenvalue weighted by atomic mass is 32.2. The molecule has 0 spiro atoms. The Morgan fingerprint density at radius 2 is 1.63 bits per heavy atom. The monoisotopic (exact) mass is 514 g/mol. The minimum atomic E-state index is -4.83. The minimum Gasteiger partial charge on any atom is -0.275 e. The Labute approximate surface area is 195 Å². The first-order chi connectivity index (χ1) is 16.2. The Hall–Kier alpha value is -3.38. The van der Waals surface area contributed by atoms with Gasteiger partial charge in [-0.15, -0.1) is 0 Å². The van der Waals surface area contributed by atoms with Crippen LogP contribution in [0.5, 0.6) is 0 Å². The lowest BCUT2D eigenvalue weighted by Crippen LogP contribution is -2.20. The Morgan fingerprint density at radius 3 is 2.26 bits per heavy atom. The summed E-state index contributed by atoms with van der Waals surface area (Å²) in [6.07, 6.45) is -7.83. The fourth-order valence-electron chi connectivity index (χ4n) is 3.59. The molecule has 0 aliphatic rings. The van der Waals surface area contributed by atoms with Crippen molar-refractivity contribution < 1.29 is 38.9 Å². The fraction of sp³-hybridized carbons (Fsp3) is 0.174. The maximum Gasteiger partial charge on any atom is 0.416 e. The molecule has 0 atom stereocenters. The molecule has 0 unspecified atom stereocenters. The summed E-state index contributed by atoms with van der Waals surface area (Å²) >= 11 is 0. The van der Waals surface area contributed by atoms with E-state index in [1.807, 2.05) is 0 Å². The first-order valence-electron chi connectivity index (χ1n) is 9.95. The summed E-state index contributed by atoms with van der Waals surface area (Å²) in [4.78, 5) is -0.483. The molecule has 12 heteroatoms. The zero-order valence-corrected chi connectivity index (χ0v) is 18.7. The molecule has 4 aromatic rings. The quantitative estimate of drug-likeness (QED) is 0.235. The Morgan fingerprint density at radius 1 is 0.886 bits per heavy atom. The van der Waals surface area contributed by atoms with Crippen LogP contribution < -0.4 is 0 Å². The van der Waals surface area contributed by atoms with Crippen LogP contribution in [-0.4, -0.2) is 31.0 Å². The number of aryl methyl sites for hydroxylation is 1. The summed E-state index contributed by atoms with van der Waals surface area (Å²) in [6.45, 7) is -1.97. The molecule has 0 saturated carbocycles. The Balaban J connectivity index is 1.85. The molecule has 0 aliphatic carbocycles. The minimum absolute atomic E-state index is 0.207. The largest absolute Gasteiger partial charge is 0.416 e. The molecule has 1 aromatic heterocycles. The lowest BCUT2D eigenvalue weighted by molar-refractivity contribution is -0.152. The molecule has 0 saturated heterocycles. The molecule has 0 amide bonds. The van der Waals surface area contributed by atoms with E-state index in [1.54, 1.807) is 31.4 Å². The van der Waals surface area contributed by atoms with Crippen molar-refractivity contribution in [1.29, 1.82) is 0 Å². The average Bonchev–Trinajstić information content (AvgIpc) is 3.22. The van der Waals surface area contributed by atoms with Crippen molar-refractivity contribution in [3.8, 4) is 22.4 Å². The number of halogens is 6. The highest BCUT2D eigenvalue weighted by Crippen LogP contribution is 2.40. The summed E-state index contributed by atoms with van der Waals surface area (Å²) in [5.74, 6) is 0. The standard InChI is InChI=1S/C23H16F6N2O3S/c1-31-10-9-21(30-31)20-12-15(23(27,28)29)5-7-19(20)18-4-2-3-14-11-16(6-8-17(14)18)35(32,33)34-13-22(24,25)26/h2-12H,13H2,1H3. The Kier molecular flexibility index (Phi) is 6.14. The van der Waals surface area contributed by atoms with Gasteiger partial charge in [-0.05, 0) is 52.2 Å². The van der Waals surface area contributed by atoms with E-state index in [0.717, 1.165) is 24.3 Å². The third-order valence-corrected chi connectivity index (χ3v) is 6.40. The van der Waals surface area contributed by atoms with Crippen molar-refractivity contribution in [1.82, 2.24) is 9.78 Å². The summed E-state index contributed by atoms with van der Waals surface area (Å²) in [7, 11) is -3.07. The van der Waals surface area contributed by atoms with Crippen LogP contribution in [0.2, 0.25) is 0 Å². The van der Waals surface area contributed by atoms with E-state index in [-0.39, 0.29) is 5.56 Å². The van der Waals surface area contributed by atoms with Crippen molar-refractivity contribution in [3.63, 3.8) is 0 Å². The van der Waals surface area contributed by atoms with Crippen LogP contribution in [0.15, 0.2) is 71.8 Å². The first kappa shape index (κ1) is 24.7. The molecule has 0 N–H and O–H groups in total. The third kappa shape index (κ3) is 5.33. The van der Waals surface area contributed by atoms with Crippen molar-refractivity contribution >= 4 is 20.9 Å². The number of hydrogen-bond donors (Lipinski definition) is 0. The highest BCUT2D eigenvalue weighted by molar-refractivity contribution is 7.86. The van der Waals surface area contributed by atoms with Crippen LogP contribution >= 0.6 is 0 Å². The summed E-state index contributed by atoms with van der Waals surface area (Å²) in [6, 6.07) is 13.1. The van der Waals surface area contributed by atoms with Crippen molar-refractivity contribution in [2.24, 2.45) is 7.05 Å². The zero-order chi connectivity index (χ0) is 25.6. The third-order valence-electron chi connectivity index (χ3n) is 5.14. The van der Waals surface area contributed by atoms with Crippen LogP contribution in [0.3, 0.4) is 0 Å². The molecular formula is C23H16F6N2O3S. The molecule has 184 valence electrons. The van der Waals surface area contributed by atoms with Crippen LogP contribution in [0.1, 0.15) is 5.56 Å². The predicted molar refractivity (Wildman–Crippen MR) is 116 cm³/mol. The smallest absolute Gasteiger partial charge is 0.275 e. The van der Waals surface area contributed by atoms with Gasteiger partial charge in [0.15, 0.2) is 6.61 Å². The Bertz CT molecular complexity index is 1510. The van der Waals surface area contributed by atoms with Gasteiger partial charge in [0.2, 0.25) is 0 Å². The van der Waals surface area contributed by atoms with Gasteiger partial charge in [0.25, 0.3) is 10.1 Å². The second kappa shape index (κ2) is 8.68. The van der Waals surface area contributed by atoms with E-state index in [9.17, 15) is 34.8 Å². The van der Waals surface area contributed by atoms with Gasteiger partial charge in [0.1, 0.15) is 0 Å². The number of alkyl halides is 6. The molecule has 5 nitrogen and oxygen atoms in total. The molecule has 0 aliphatic heterocycles. The molecule has 35 heavy (non-hydrogen) atoms. The second-order valence-electron chi connectivity index (χ2n) is 7.65. The normalized spacial score (nSPS) is 12.9. The van der Waals surface area contributed by atoms with Crippen molar-refractivity contribution in [3.05, 3.63) is 72.4 Å². The van der Waals surface area contributed by atoms with E-state index in [4.69, 9.17) is 0 Å². The number of fused-ring (bicyclic) bond motifs is 1. The van der Waals surface area contributed by atoms with Crippen LogP contribution in [-0.2, 0) is 27.5 Å². The van der Waals surface area contributed by atoms with Gasteiger partial charge in [-0.1, -0.05) is 30.3 Å². The van der Waals surface area contributed by atoms with Gasteiger partial charge in [-0.25, -0.2) is 0 Å². The summed E-state index contributed by atoms with van der Waals surface area (Å²) in [5.41, 5.74) is 0.532.